The molecule has 0 radical (unpaired) electrons. The number of aryl methyl sites for hydroxylation is 1. The lowest BCUT2D eigenvalue weighted by Gasteiger charge is -2.06. The van der Waals surface area contributed by atoms with Crippen LogP contribution in [-0.4, -0.2) is 32.8 Å². The monoisotopic (exact) mass is 302 g/mol. The van der Waals surface area contributed by atoms with Crippen LogP contribution in [0.5, 0.6) is 0 Å². The van der Waals surface area contributed by atoms with Gasteiger partial charge in [-0.3, -0.25) is 4.57 Å². The van der Waals surface area contributed by atoms with Gasteiger partial charge in [0.25, 0.3) is 15.2 Å². The van der Waals surface area contributed by atoms with E-state index in [-0.39, 0.29) is 5.16 Å². The van der Waals surface area contributed by atoms with Gasteiger partial charge in [-0.2, -0.15) is 0 Å². The van der Waals surface area contributed by atoms with Crippen molar-refractivity contribution in [2.75, 3.05) is 0 Å². The van der Waals surface area contributed by atoms with Gasteiger partial charge in [0.2, 0.25) is 0 Å². The highest BCUT2D eigenvalue weighted by molar-refractivity contribution is 7.89. The number of hydrogen-bond acceptors (Lipinski definition) is 7. The normalized spacial score (nSPS) is 11.9. The van der Waals surface area contributed by atoms with E-state index in [1.807, 2.05) is 13.8 Å². The Labute approximate surface area is 114 Å². The van der Waals surface area contributed by atoms with Gasteiger partial charge in [-0.25, -0.2) is 13.6 Å². The average Bonchev–Trinajstić information content (AvgIpc) is 2.93. The van der Waals surface area contributed by atoms with Crippen molar-refractivity contribution in [2.45, 2.75) is 38.4 Å². The number of nitrogens with two attached hydrogens (primary N) is 1. The Kier molecular flexibility index (Phi) is 3.92. The second kappa shape index (κ2) is 5.31. The zero-order valence-electron chi connectivity index (χ0n) is 10.6. The summed E-state index contributed by atoms with van der Waals surface area (Å²) in [6.45, 7) is 4.35. The predicted octanol–water partition coefficient (Wildman–Crippen LogP) is 0.416. The molecular formula is C9H14N6O2S2. The molecule has 0 spiro atoms. The Morgan fingerprint density at radius 1 is 1.26 bits per heavy atom. The van der Waals surface area contributed by atoms with E-state index in [2.05, 4.69) is 19.8 Å². The Hall–Kier alpha value is -1.39. The molecule has 0 aliphatic carbocycles. The lowest BCUT2D eigenvalue weighted by molar-refractivity contribution is 0.559. The third-order valence-electron chi connectivity index (χ3n) is 2.51. The fourth-order valence-corrected chi connectivity index (χ4v) is 3.09. The molecule has 0 saturated heterocycles. The molecule has 0 aromatic carbocycles. The highest BCUT2D eigenvalue weighted by Gasteiger charge is 2.24. The molecule has 0 aliphatic rings. The van der Waals surface area contributed by atoms with Gasteiger partial charge in [0.1, 0.15) is 4.88 Å². The minimum absolute atomic E-state index is 0.222. The smallest absolute Gasteiger partial charge is 0.273 e. The number of hydrogen-bond donors (Lipinski definition) is 1. The lowest BCUT2D eigenvalue weighted by atomic mass is 10.3. The summed E-state index contributed by atoms with van der Waals surface area (Å²) >= 11 is 1.17. The predicted molar refractivity (Wildman–Crippen MR) is 70.0 cm³/mol. The number of nitrogens with zero attached hydrogens (tertiary/aromatic N) is 5. The molecule has 8 nitrogen and oxygen atoms in total. The minimum atomic E-state index is -3.89. The summed E-state index contributed by atoms with van der Waals surface area (Å²) in [5, 5.41) is 16.5. The molecule has 0 unspecified atom stereocenters. The van der Waals surface area contributed by atoms with E-state index in [1.54, 1.807) is 0 Å². The zero-order chi connectivity index (χ0) is 14.0. The first-order chi connectivity index (χ1) is 8.99. The molecule has 2 heterocycles. The van der Waals surface area contributed by atoms with E-state index in [0.29, 0.717) is 18.8 Å². The maximum Gasteiger partial charge on any atom is 0.273 e. The number of sulfonamides is 1. The summed E-state index contributed by atoms with van der Waals surface area (Å²) < 4.78 is 28.4. The highest BCUT2D eigenvalue weighted by Crippen LogP contribution is 2.26. The van der Waals surface area contributed by atoms with Gasteiger partial charge in [0, 0.05) is 6.54 Å². The Balaban J connectivity index is 2.62. The van der Waals surface area contributed by atoms with Crippen LogP contribution in [0.1, 0.15) is 26.0 Å². The van der Waals surface area contributed by atoms with E-state index in [9.17, 15) is 8.42 Å². The van der Waals surface area contributed by atoms with Crippen molar-refractivity contribution in [3.8, 4) is 10.7 Å². The molecule has 10 heteroatoms. The molecule has 0 aliphatic heterocycles. The van der Waals surface area contributed by atoms with Crippen LogP contribution >= 0.6 is 11.5 Å². The number of rotatable bonds is 5. The number of primary sulfonamides is 1. The first-order valence-electron chi connectivity index (χ1n) is 5.76. The zero-order valence-corrected chi connectivity index (χ0v) is 12.2. The van der Waals surface area contributed by atoms with E-state index < -0.39 is 10.0 Å². The first-order valence-corrected chi connectivity index (χ1v) is 8.08. The SMILES string of the molecule is CCCn1c(-c2snnc2CC)nnc1S(N)(=O)=O. The molecule has 0 amide bonds. The van der Waals surface area contributed by atoms with Crippen molar-refractivity contribution in [3.63, 3.8) is 0 Å². The quantitative estimate of drug-likeness (QED) is 0.855. The topological polar surface area (TPSA) is 117 Å². The molecule has 0 fully saturated rings. The summed E-state index contributed by atoms with van der Waals surface area (Å²) in [5.41, 5.74) is 0.774. The summed E-state index contributed by atoms with van der Waals surface area (Å²) in [6.07, 6.45) is 1.43. The third-order valence-corrected chi connectivity index (χ3v) is 4.09. The van der Waals surface area contributed by atoms with E-state index in [4.69, 9.17) is 5.14 Å². The second-order valence-corrected chi connectivity index (χ2v) is 6.11. The van der Waals surface area contributed by atoms with Gasteiger partial charge >= 0.3 is 0 Å². The molecule has 2 aromatic rings. The van der Waals surface area contributed by atoms with Crippen LogP contribution in [0.15, 0.2) is 5.16 Å². The van der Waals surface area contributed by atoms with Gasteiger partial charge in [-0.1, -0.05) is 18.3 Å². The van der Waals surface area contributed by atoms with Crippen LogP contribution in [-0.2, 0) is 23.0 Å². The lowest BCUT2D eigenvalue weighted by Crippen LogP contribution is -2.19. The van der Waals surface area contributed by atoms with Crippen molar-refractivity contribution in [2.24, 2.45) is 5.14 Å². The highest BCUT2D eigenvalue weighted by atomic mass is 32.2. The molecule has 0 atom stereocenters. The standard InChI is InChI=1S/C9H14N6O2S2/c1-3-5-15-8(7-6(4-2)11-14-18-7)12-13-9(15)19(10,16)17/h3-5H2,1-2H3,(H2,10,16,17). The van der Waals surface area contributed by atoms with Crippen molar-refractivity contribution >= 4 is 21.6 Å². The van der Waals surface area contributed by atoms with Gasteiger partial charge < -0.3 is 0 Å². The summed E-state index contributed by atoms with van der Waals surface area (Å²) in [5.74, 6) is 0.456. The molecule has 104 valence electrons. The van der Waals surface area contributed by atoms with Crippen molar-refractivity contribution < 1.29 is 8.42 Å². The Bertz CT molecular complexity index is 675. The van der Waals surface area contributed by atoms with Crippen molar-refractivity contribution in [1.82, 2.24) is 24.4 Å². The van der Waals surface area contributed by atoms with Crippen LogP contribution in [0.2, 0.25) is 0 Å². The maximum atomic E-state index is 11.5. The van der Waals surface area contributed by atoms with Gasteiger partial charge in [-0.05, 0) is 24.4 Å². The minimum Gasteiger partial charge on any atom is -0.296 e. The number of aromatic nitrogens is 5. The molecular weight excluding hydrogens is 288 g/mol. The molecule has 0 bridgehead atoms. The summed E-state index contributed by atoms with van der Waals surface area (Å²) in [7, 11) is -3.89. The molecule has 2 rings (SSSR count). The van der Waals surface area contributed by atoms with E-state index in [1.165, 1.54) is 16.1 Å². The maximum absolute atomic E-state index is 11.5. The van der Waals surface area contributed by atoms with Crippen molar-refractivity contribution in [3.05, 3.63) is 5.69 Å². The van der Waals surface area contributed by atoms with Crippen LogP contribution in [0.3, 0.4) is 0 Å². The van der Waals surface area contributed by atoms with Crippen LogP contribution in [0.4, 0.5) is 0 Å². The Morgan fingerprint density at radius 3 is 2.58 bits per heavy atom. The van der Waals surface area contributed by atoms with Crippen LogP contribution < -0.4 is 5.14 Å². The largest absolute Gasteiger partial charge is 0.296 e. The molecule has 2 N–H and O–H groups in total. The van der Waals surface area contributed by atoms with E-state index >= 15 is 0 Å². The fraction of sp³-hybridized carbons (Fsp3) is 0.556. The molecule has 0 saturated carbocycles. The van der Waals surface area contributed by atoms with Gasteiger partial charge in [0.05, 0.1) is 5.69 Å². The molecule has 19 heavy (non-hydrogen) atoms. The first kappa shape index (κ1) is 14.0. The van der Waals surface area contributed by atoms with Gasteiger partial charge in [0.15, 0.2) is 5.82 Å². The van der Waals surface area contributed by atoms with Gasteiger partial charge in [-0.15, -0.1) is 15.3 Å². The van der Waals surface area contributed by atoms with Crippen molar-refractivity contribution in [1.29, 1.82) is 0 Å². The Morgan fingerprint density at radius 2 is 2.00 bits per heavy atom. The third kappa shape index (κ3) is 2.65. The van der Waals surface area contributed by atoms with E-state index in [0.717, 1.165) is 17.0 Å². The van der Waals surface area contributed by atoms with Crippen LogP contribution in [0, 0.1) is 0 Å². The second-order valence-electron chi connectivity index (χ2n) is 3.91. The molecule has 2 aromatic heterocycles. The van der Waals surface area contributed by atoms with Crippen LogP contribution in [0.25, 0.3) is 10.7 Å². The summed E-state index contributed by atoms with van der Waals surface area (Å²) in [4.78, 5) is 0.735. The fourth-order valence-electron chi connectivity index (χ4n) is 1.70. The average molecular weight is 302 g/mol. The summed E-state index contributed by atoms with van der Waals surface area (Å²) in [6, 6.07) is 0.